The summed E-state index contributed by atoms with van der Waals surface area (Å²) in [4.78, 5) is 50.4. The molecule has 1 atom stereocenters. The van der Waals surface area contributed by atoms with Gasteiger partial charge in [-0.2, -0.15) is 5.10 Å². The molecule has 0 radical (unpaired) electrons. The average molecular weight is 829 g/mol. The Morgan fingerprint density at radius 2 is 1.64 bits per heavy atom. The van der Waals surface area contributed by atoms with E-state index in [2.05, 4.69) is 43.7 Å². The van der Waals surface area contributed by atoms with Crippen LogP contribution in [-0.2, 0) is 21.4 Å². The Hall–Kier alpha value is -5.73. The van der Waals surface area contributed by atoms with Crippen molar-refractivity contribution in [1.82, 2.24) is 34.9 Å². The van der Waals surface area contributed by atoms with E-state index >= 15 is 0 Å². The van der Waals surface area contributed by atoms with Crippen molar-refractivity contribution in [1.29, 1.82) is 0 Å². The molecule has 3 N–H and O–H groups in total. The summed E-state index contributed by atoms with van der Waals surface area (Å²) < 4.78 is 22.8. The summed E-state index contributed by atoms with van der Waals surface area (Å²) in [5.74, 6) is -0.662. The van der Waals surface area contributed by atoms with Crippen LogP contribution < -0.4 is 10.6 Å². The minimum atomic E-state index is -0.861. The minimum absolute atomic E-state index is 0.0729. The first-order valence-electron chi connectivity index (χ1n) is 21.7. The summed E-state index contributed by atoms with van der Waals surface area (Å²) in [7, 11) is 1.90. The zero-order valence-electron chi connectivity index (χ0n) is 34.6. The largest absolute Gasteiger partial charge is 0.446 e. The topological polar surface area (TPSA) is 155 Å². The van der Waals surface area contributed by atoms with Crippen molar-refractivity contribution in [2.24, 2.45) is 7.05 Å². The number of nitrogens with zero attached hydrogens (tertiary/aromatic N) is 6. The molecular formula is C47H53FN8O5. The highest BCUT2D eigenvalue weighted by Crippen LogP contribution is 2.36. The first kappa shape index (κ1) is 40.7. The second-order valence-electron chi connectivity index (χ2n) is 17.4. The average Bonchev–Trinajstić information content (AvgIpc) is 3.60. The maximum Gasteiger partial charge on any atom is 0.410 e. The van der Waals surface area contributed by atoms with E-state index in [-0.39, 0.29) is 35.7 Å². The van der Waals surface area contributed by atoms with Crippen LogP contribution in [0.5, 0.6) is 0 Å². The fourth-order valence-electron chi connectivity index (χ4n) is 9.71. The van der Waals surface area contributed by atoms with Gasteiger partial charge in [0.1, 0.15) is 11.8 Å². The number of halogens is 1. The smallest absolute Gasteiger partial charge is 0.410 e. The van der Waals surface area contributed by atoms with E-state index in [1.165, 1.54) is 11.8 Å². The van der Waals surface area contributed by atoms with Gasteiger partial charge in [-0.15, -0.1) is 0 Å². The van der Waals surface area contributed by atoms with E-state index in [9.17, 15) is 23.9 Å². The predicted molar refractivity (Wildman–Crippen MR) is 229 cm³/mol. The van der Waals surface area contributed by atoms with Crippen LogP contribution in [0.3, 0.4) is 0 Å². The number of carbonyl (C=O) groups excluding carboxylic acids is 3. The Balaban J connectivity index is 0.713. The third-order valence-electron chi connectivity index (χ3n) is 13.3. The van der Waals surface area contributed by atoms with E-state index in [4.69, 9.17) is 9.84 Å². The molecule has 0 bridgehead atoms. The Kier molecular flexibility index (Phi) is 11.6. The van der Waals surface area contributed by atoms with Gasteiger partial charge in [-0.3, -0.25) is 19.6 Å². The summed E-state index contributed by atoms with van der Waals surface area (Å²) in [5.41, 5.74) is 5.05. The molecule has 2 aromatic heterocycles. The van der Waals surface area contributed by atoms with Crippen molar-refractivity contribution in [2.75, 3.05) is 38.0 Å². The number of piperidine rings is 3. The molecule has 1 aliphatic carbocycles. The number of nitrogens with one attached hydrogen (secondary N) is 2. The predicted octanol–water partition coefficient (Wildman–Crippen LogP) is 6.92. The number of anilines is 1. The van der Waals surface area contributed by atoms with Gasteiger partial charge in [-0.25, -0.2) is 19.2 Å². The maximum absolute atomic E-state index is 15.0. The Morgan fingerprint density at radius 1 is 0.902 bits per heavy atom. The van der Waals surface area contributed by atoms with Crippen LogP contribution in [0.15, 0.2) is 79.0 Å². The number of fused-ring (bicyclic) bond motifs is 1. The lowest BCUT2D eigenvalue weighted by Gasteiger charge is -2.42. The second kappa shape index (κ2) is 17.3. The lowest BCUT2D eigenvalue weighted by atomic mass is 9.86. The molecule has 13 nitrogen and oxygen atoms in total. The van der Waals surface area contributed by atoms with Crippen LogP contribution in [0.2, 0.25) is 0 Å². The summed E-state index contributed by atoms with van der Waals surface area (Å²) in [6.07, 6.45) is 7.35. The highest BCUT2D eigenvalue weighted by molar-refractivity contribution is 6.02. The SMILES string of the molecule is Cn1nc(C2CCC(=O)NC2=O)c2ccc(C3CCN(CC4(O)CCN(C(=O)OC5CCC(Nc6ncc(F)c(-c7cccc(-c8ccccc8)c7)n6)CC5)CC4)CC3)cc21. The van der Waals surface area contributed by atoms with E-state index in [0.717, 1.165) is 66.5 Å². The van der Waals surface area contributed by atoms with Gasteiger partial charge < -0.3 is 25.0 Å². The molecule has 3 saturated heterocycles. The molecule has 4 aliphatic rings. The number of hydrogen-bond acceptors (Lipinski definition) is 10. The molecule has 14 heteroatoms. The maximum atomic E-state index is 15.0. The molecule has 4 fully saturated rings. The van der Waals surface area contributed by atoms with Crippen molar-refractivity contribution in [3.05, 3.63) is 96.1 Å². The number of likely N-dealkylation sites (tertiary alicyclic amines) is 2. The lowest BCUT2D eigenvalue weighted by Crippen LogP contribution is -2.53. The van der Waals surface area contributed by atoms with Crippen molar-refractivity contribution >= 4 is 34.8 Å². The Bertz CT molecular complexity index is 2400. The van der Waals surface area contributed by atoms with Crippen molar-refractivity contribution in [2.45, 2.75) is 93.8 Å². The fourth-order valence-corrected chi connectivity index (χ4v) is 9.71. The number of ether oxygens (including phenoxy) is 1. The summed E-state index contributed by atoms with van der Waals surface area (Å²) in [5, 5.41) is 23.1. The number of aliphatic hydroxyl groups is 1. The van der Waals surface area contributed by atoms with E-state index in [0.29, 0.717) is 75.6 Å². The zero-order valence-corrected chi connectivity index (χ0v) is 34.6. The lowest BCUT2D eigenvalue weighted by molar-refractivity contribution is -0.134. The third-order valence-corrected chi connectivity index (χ3v) is 13.3. The molecule has 318 valence electrons. The van der Waals surface area contributed by atoms with Crippen molar-refractivity contribution in [3.8, 4) is 22.4 Å². The standard InChI is InChI=1S/C47H53FN8O5/c1-54-40-27-33(10-15-37(40)43(53-54)38-16-17-41(57)51-44(38)58)31-18-22-55(23-19-31)29-47(60)20-24-56(25-21-47)46(59)61-36-13-11-35(12-14-36)50-45-49-28-39(48)42(52-45)34-9-5-8-32(26-34)30-6-3-2-4-7-30/h2-10,15,26-28,31,35-36,38,60H,11-14,16-25,29H2,1H3,(H,49,50,52)(H,51,57,58). The van der Waals surface area contributed by atoms with Gasteiger partial charge in [0.05, 0.1) is 28.9 Å². The van der Waals surface area contributed by atoms with Crippen LogP contribution in [0, 0.1) is 5.82 Å². The molecule has 5 aromatic rings. The van der Waals surface area contributed by atoms with E-state index < -0.39 is 17.3 Å². The highest BCUT2D eigenvalue weighted by Gasteiger charge is 2.38. The summed E-state index contributed by atoms with van der Waals surface area (Å²) in [6.45, 7) is 3.23. The van der Waals surface area contributed by atoms with Gasteiger partial charge in [0.2, 0.25) is 17.8 Å². The number of carbonyl (C=O) groups is 3. The first-order chi connectivity index (χ1) is 29.6. The second-order valence-corrected chi connectivity index (χ2v) is 17.4. The molecule has 1 saturated carbocycles. The molecule has 5 heterocycles. The van der Waals surface area contributed by atoms with Gasteiger partial charge in [-0.1, -0.05) is 60.7 Å². The minimum Gasteiger partial charge on any atom is -0.446 e. The number of imide groups is 1. The fraction of sp³-hybridized carbons (Fsp3) is 0.447. The highest BCUT2D eigenvalue weighted by atomic mass is 19.1. The van der Waals surface area contributed by atoms with Gasteiger partial charge in [0.15, 0.2) is 5.82 Å². The molecule has 1 unspecified atom stereocenters. The van der Waals surface area contributed by atoms with Crippen LogP contribution >= 0.6 is 0 Å². The Labute approximate surface area is 354 Å². The number of aryl methyl sites for hydroxylation is 1. The number of aromatic nitrogens is 4. The monoisotopic (exact) mass is 828 g/mol. The number of benzene rings is 3. The Morgan fingerprint density at radius 3 is 2.39 bits per heavy atom. The molecule has 61 heavy (non-hydrogen) atoms. The van der Waals surface area contributed by atoms with Crippen LogP contribution in [-0.4, -0.2) is 103 Å². The molecule has 3 amide bonds. The number of hydrogen-bond donors (Lipinski definition) is 3. The van der Waals surface area contributed by atoms with Gasteiger partial charge in [-0.05, 0) is 106 Å². The molecule has 0 spiro atoms. The molecule has 9 rings (SSSR count). The quantitative estimate of drug-likeness (QED) is 0.133. The number of amides is 3. The molecular weight excluding hydrogens is 776 g/mol. The van der Waals surface area contributed by atoms with Gasteiger partial charge in [0, 0.05) is 50.1 Å². The first-order valence-corrected chi connectivity index (χ1v) is 21.7. The van der Waals surface area contributed by atoms with E-state index in [1.807, 2.05) is 66.3 Å². The van der Waals surface area contributed by atoms with Gasteiger partial charge >= 0.3 is 6.09 Å². The zero-order chi connectivity index (χ0) is 42.1. The normalized spacial score (nSPS) is 22.5. The number of β-amino-alcohol motifs (C(OH)–C–C–N with tert-alkyl or cyclic N) is 1. The van der Waals surface area contributed by atoms with Crippen LogP contribution in [0.1, 0.15) is 87.3 Å². The van der Waals surface area contributed by atoms with E-state index in [1.54, 1.807) is 4.90 Å². The third kappa shape index (κ3) is 9.01. The van der Waals surface area contributed by atoms with Crippen molar-refractivity contribution in [3.63, 3.8) is 0 Å². The summed E-state index contributed by atoms with van der Waals surface area (Å²) >= 11 is 0. The number of rotatable bonds is 9. The summed E-state index contributed by atoms with van der Waals surface area (Å²) in [6, 6.07) is 24.1. The molecule has 3 aromatic carbocycles. The van der Waals surface area contributed by atoms with Crippen molar-refractivity contribution < 1.29 is 28.6 Å². The molecule has 3 aliphatic heterocycles. The van der Waals surface area contributed by atoms with Crippen LogP contribution in [0.4, 0.5) is 15.1 Å². The van der Waals surface area contributed by atoms with Gasteiger partial charge in [0.25, 0.3) is 0 Å². The van der Waals surface area contributed by atoms with Crippen LogP contribution in [0.25, 0.3) is 33.3 Å².